The standard InChI is InChI=1S/C13H21NO2/c1-4-15-9-11(3)16-13-10(2)6-5-7-12(13)8-14/h5-7,11H,4,8-9,14H2,1-3H3. The Kier molecular flexibility index (Phi) is 5.29. The van der Waals surface area contributed by atoms with Crippen molar-refractivity contribution >= 4 is 0 Å². The summed E-state index contributed by atoms with van der Waals surface area (Å²) in [5.74, 6) is 0.900. The number of para-hydroxylation sites is 1. The van der Waals surface area contributed by atoms with Gasteiger partial charge in [-0.1, -0.05) is 18.2 Å². The maximum Gasteiger partial charge on any atom is 0.127 e. The van der Waals surface area contributed by atoms with Crippen LogP contribution >= 0.6 is 0 Å². The SMILES string of the molecule is CCOCC(C)Oc1c(C)cccc1CN. The van der Waals surface area contributed by atoms with Gasteiger partial charge < -0.3 is 15.2 Å². The zero-order valence-electron chi connectivity index (χ0n) is 10.3. The fourth-order valence-electron chi connectivity index (χ4n) is 1.56. The highest BCUT2D eigenvalue weighted by molar-refractivity contribution is 5.40. The van der Waals surface area contributed by atoms with Gasteiger partial charge in [-0.3, -0.25) is 0 Å². The predicted molar refractivity (Wildman–Crippen MR) is 65.7 cm³/mol. The van der Waals surface area contributed by atoms with Crippen LogP contribution in [0.15, 0.2) is 18.2 Å². The molecule has 0 aromatic heterocycles. The lowest BCUT2D eigenvalue weighted by Gasteiger charge is -2.18. The van der Waals surface area contributed by atoms with Crippen LogP contribution in [0.2, 0.25) is 0 Å². The van der Waals surface area contributed by atoms with Gasteiger partial charge in [-0.2, -0.15) is 0 Å². The molecule has 1 rings (SSSR count). The minimum atomic E-state index is 0.0475. The number of nitrogens with two attached hydrogens (primary N) is 1. The van der Waals surface area contributed by atoms with Crippen LogP contribution in [0.3, 0.4) is 0 Å². The van der Waals surface area contributed by atoms with E-state index in [1.807, 2.05) is 39.0 Å². The topological polar surface area (TPSA) is 44.5 Å². The number of rotatable bonds is 6. The van der Waals surface area contributed by atoms with Crippen molar-refractivity contribution in [2.24, 2.45) is 5.73 Å². The highest BCUT2D eigenvalue weighted by atomic mass is 16.5. The molecule has 0 aliphatic carbocycles. The summed E-state index contributed by atoms with van der Waals surface area (Å²) in [5.41, 5.74) is 7.85. The Morgan fingerprint density at radius 2 is 2.12 bits per heavy atom. The van der Waals surface area contributed by atoms with Crippen LogP contribution in [-0.4, -0.2) is 19.3 Å². The van der Waals surface area contributed by atoms with Crippen molar-refractivity contribution in [3.8, 4) is 5.75 Å². The van der Waals surface area contributed by atoms with Gasteiger partial charge in [0.15, 0.2) is 0 Å². The Hall–Kier alpha value is -1.06. The molecule has 0 saturated carbocycles. The lowest BCUT2D eigenvalue weighted by molar-refractivity contribution is 0.0649. The van der Waals surface area contributed by atoms with Crippen molar-refractivity contribution in [2.75, 3.05) is 13.2 Å². The summed E-state index contributed by atoms with van der Waals surface area (Å²) >= 11 is 0. The Bertz CT molecular complexity index is 326. The third kappa shape index (κ3) is 3.51. The second-order valence-electron chi connectivity index (χ2n) is 3.86. The molecule has 0 fully saturated rings. The average Bonchev–Trinajstić information content (AvgIpc) is 2.29. The van der Waals surface area contributed by atoms with Crippen molar-refractivity contribution in [3.63, 3.8) is 0 Å². The first kappa shape index (κ1) is 13.0. The zero-order valence-corrected chi connectivity index (χ0v) is 10.3. The lowest BCUT2D eigenvalue weighted by Crippen LogP contribution is -2.20. The average molecular weight is 223 g/mol. The quantitative estimate of drug-likeness (QED) is 0.804. The summed E-state index contributed by atoms with van der Waals surface area (Å²) in [6.45, 7) is 7.83. The molecule has 0 aliphatic heterocycles. The smallest absolute Gasteiger partial charge is 0.127 e. The Labute approximate surface area is 97.6 Å². The van der Waals surface area contributed by atoms with E-state index in [0.29, 0.717) is 19.8 Å². The van der Waals surface area contributed by atoms with E-state index in [9.17, 15) is 0 Å². The molecule has 0 heterocycles. The molecule has 0 saturated heterocycles. The molecule has 0 bridgehead atoms. The summed E-state index contributed by atoms with van der Waals surface area (Å²) in [4.78, 5) is 0. The summed E-state index contributed by atoms with van der Waals surface area (Å²) in [6.07, 6.45) is 0.0475. The molecule has 2 N–H and O–H groups in total. The van der Waals surface area contributed by atoms with E-state index in [1.54, 1.807) is 0 Å². The first-order valence-corrected chi connectivity index (χ1v) is 5.72. The van der Waals surface area contributed by atoms with Crippen LogP contribution in [0.4, 0.5) is 0 Å². The first-order valence-electron chi connectivity index (χ1n) is 5.72. The highest BCUT2D eigenvalue weighted by Gasteiger charge is 2.09. The van der Waals surface area contributed by atoms with Crippen molar-refractivity contribution in [3.05, 3.63) is 29.3 Å². The Morgan fingerprint density at radius 1 is 1.38 bits per heavy atom. The Balaban J connectivity index is 2.71. The summed E-state index contributed by atoms with van der Waals surface area (Å²) < 4.78 is 11.2. The van der Waals surface area contributed by atoms with E-state index in [2.05, 4.69) is 0 Å². The fourth-order valence-corrected chi connectivity index (χ4v) is 1.56. The van der Waals surface area contributed by atoms with E-state index in [1.165, 1.54) is 0 Å². The molecule has 0 radical (unpaired) electrons. The van der Waals surface area contributed by atoms with Crippen molar-refractivity contribution < 1.29 is 9.47 Å². The van der Waals surface area contributed by atoms with Crippen LogP contribution in [0.25, 0.3) is 0 Å². The molecule has 3 heteroatoms. The van der Waals surface area contributed by atoms with Crippen LogP contribution in [0.5, 0.6) is 5.75 Å². The molecule has 16 heavy (non-hydrogen) atoms. The maximum absolute atomic E-state index is 5.86. The number of benzene rings is 1. The lowest BCUT2D eigenvalue weighted by atomic mass is 10.1. The van der Waals surface area contributed by atoms with Gasteiger partial charge in [0.25, 0.3) is 0 Å². The molecule has 90 valence electrons. The fraction of sp³-hybridized carbons (Fsp3) is 0.538. The molecular weight excluding hydrogens is 202 g/mol. The highest BCUT2D eigenvalue weighted by Crippen LogP contribution is 2.24. The van der Waals surface area contributed by atoms with Gasteiger partial charge in [-0.05, 0) is 26.3 Å². The second-order valence-corrected chi connectivity index (χ2v) is 3.86. The third-order valence-corrected chi connectivity index (χ3v) is 2.39. The van der Waals surface area contributed by atoms with Crippen molar-refractivity contribution in [1.82, 2.24) is 0 Å². The van der Waals surface area contributed by atoms with Gasteiger partial charge in [0.1, 0.15) is 11.9 Å². The van der Waals surface area contributed by atoms with E-state index in [4.69, 9.17) is 15.2 Å². The molecule has 0 spiro atoms. The van der Waals surface area contributed by atoms with E-state index in [0.717, 1.165) is 16.9 Å². The predicted octanol–water partition coefficient (Wildman–Crippen LogP) is 2.26. The van der Waals surface area contributed by atoms with Gasteiger partial charge in [-0.25, -0.2) is 0 Å². The number of hydrogen-bond acceptors (Lipinski definition) is 3. The largest absolute Gasteiger partial charge is 0.488 e. The van der Waals surface area contributed by atoms with Gasteiger partial charge in [-0.15, -0.1) is 0 Å². The molecule has 1 aromatic rings. The van der Waals surface area contributed by atoms with E-state index in [-0.39, 0.29) is 6.10 Å². The number of ether oxygens (including phenoxy) is 2. The minimum absolute atomic E-state index is 0.0475. The third-order valence-electron chi connectivity index (χ3n) is 2.39. The molecular formula is C13H21NO2. The first-order chi connectivity index (χ1) is 7.69. The monoisotopic (exact) mass is 223 g/mol. The zero-order chi connectivity index (χ0) is 12.0. The van der Waals surface area contributed by atoms with Gasteiger partial charge in [0.2, 0.25) is 0 Å². The van der Waals surface area contributed by atoms with E-state index >= 15 is 0 Å². The van der Waals surface area contributed by atoms with Crippen molar-refractivity contribution in [2.45, 2.75) is 33.4 Å². The summed E-state index contributed by atoms with van der Waals surface area (Å²) in [5, 5.41) is 0. The number of aryl methyl sites for hydroxylation is 1. The Morgan fingerprint density at radius 3 is 2.75 bits per heavy atom. The van der Waals surface area contributed by atoms with Crippen LogP contribution in [-0.2, 0) is 11.3 Å². The van der Waals surface area contributed by atoms with Crippen LogP contribution in [0.1, 0.15) is 25.0 Å². The molecule has 1 atom stereocenters. The normalized spacial score (nSPS) is 12.5. The molecule has 3 nitrogen and oxygen atoms in total. The summed E-state index contributed by atoms with van der Waals surface area (Å²) in [6, 6.07) is 6.02. The van der Waals surface area contributed by atoms with Crippen molar-refractivity contribution in [1.29, 1.82) is 0 Å². The summed E-state index contributed by atoms with van der Waals surface area (Å²) in [7, 11) is 0. The van der Waals surface area contributed by atoms with E-state index < -0.39 is 0 Å². The van der Waals surface area contributed by atoms with Gasteiger partial charge >= 0.3 is 0 Å². The maximum atomic E-state index is 5.86. The molecule has 1 aromatic carbocycles. The van der Waals surface area contributed by atoms with Crippen LogP contribution in [0, 0.1) is 6.92 Å². The van der Waals surface area contributed by atoms with Gasteiger partial charge in [0.05, 0.1) is 6.61 Å². The van der Waals surface area contributed by atoms with Gasteiger partial charge in [0, 0.05) is 18.7 Å². The second kappa shape index (κ2) is 6.51. The molecule has 1 unspecified atom stereocenters. The molecule has 0 amide bonds. The number of hydrogen-bond donors (Lipinski definition) is 1. The minimum Gasteiger partial charge on any atom is -0.488 e. The molecule has 0 aliphatic rings. The van der Waals surface area contributed by atoms with Crippen LogP contribution < -0.4 is 10.5 Å².